The standard InChI is InChI=1S/C16H13N3O3/c1-19(11-6-3-2-4-7-11)15(20)13-10-12(17-16(21)18-13)14-8-5-9-22-14/h2-10H,1H3,(H,17,18,21). The Hall–Kier alpha value is -3.15. The summed E-state index contributed by atoms with van der Waals surface area (Å²) in [5.74, 6) is 0.0982. The normalized spacial score (nSPS) is 10.4. The monoisotopic (exact) mass is 295 g/mol. The van der Waals surface area contributed by atoms with Crippen LogP contribution in [0.1, 0.15) is 10.5 Å². The summed E-state index contributed by atoms with van der Waals surface area (Å²) in [4.78, 5) is 31.9. The highest BCUT2D eigenvalue weighted by molar-refractivity contribution is 6.04. The van der Waals surface area contributed by atoms with Crippen LogP contribution in [0.3, 0.4) is 0 Å². The molecule has 0 fully saturated rings. The van der Waals surface area contributed by atoms with Crippen molar-refractivity contribution in [2.45, 2.75) is 0 Å². The Morgan fingerprint density at radius 2 is 1.95 bits per heavy atom. The van der Waals surface area contributed by atoms with Crippen LogP contribution in [0.25, 0.3) is 11.5 Å². The van der Waals surface area contributed by atoms with E-state index < -0.39 is 5.69 Å². The number of nitrogens with zero attached hydrogens (tertiary/aromatic N) is 2. The molecule has 22 heavy (non-hydrogen) atoms. The first-order valence-corrected chi connectivity index (χ1v) is 6.63. The third-order valence-electron chi connectivity index (χ3n) is 3.20. The Kier molecular flexibility index (Phi) is 3.57. The Labute approximate surface area is 126 Å². The fraction of sp³-hybridized carbons (Fsp3) is 0.0625. The van der Waals surface area contributed by atoms with E-state index in [0.29, 0.717) is 17.1 Å². The van der Waals surface area contributed by atoms with E-state index in [0.717, 1.165) is 0 Å². The van der Waals surface area contributed by atoms with Crippen molar-refractivity contribution in [3.63, 3.8) is 0 Å². The minimum atomic E-state index is -0.598. The smallest absolute Gasteiger partial charge is 0.346 e. The van der Waals surface area contributed by atoms with Crippen molar-refractivity contribution in [3.8, 4) is 11.5 Å². The van der Waals surface area contributed by atoms with Gasteiger partial charge in [-0.2, -0.15) is 4.98 Å². The molecule has 0 unspecified atom stereocenters. The zero-order chi connectivity index (χ0) is 15.5. The molecular formula is C16H13N3O3. The lowest BCUT2D eigenvalue weighted by atomic mass is 10.2. The molecule has 0 aliphatic rings. The predicted molar refractivity (Wildman–Crippen MR) is 81.7 cm³/mol. The summed E-state index contributed by atoms with van der Waals surface area (Å²) >= 11 is 0. The molecule has 0 aliphatic heterocycles. The first-order valence-electron chi connectivity index (χ1n) is 6.63. The SMILES string of the molecule is CN(C(=O)c1cc(-c2ccco2)[nH]c(=O)n1)c1ccccc1. The molecule has 6 heteroatoms. The van der Waals surface area contributed by atoms with Crippen LogP contribution in [-0.2, 0) is 0 Å². The quantitative estimate of drug-likeness (QED) is 0.804. The fourth-order valence-electron chi connectivity index (χ4n) is 2.07. The molecular weight excluding hydrogens is 282 g/mol. The van der Waals surface area contributed by atoms with Gasteiger partial charge in [-0.05, 0) is 30.3 Å². The Morgan fingerprint density at radius 3 is 2.64 bits per heavy atom. The van der Waals surface area contributed by atoms with Crippen LogP contribution in [0.15, 0.2) is 64.0 Å². The number of aromatic amines is 1. The van der Waals surface area contributed by atoms with Crippen molar-refractivity contribution >= 4 is 11.6 Å². The van der Waals surface area contributed by atoms with Crippen molar-refractivity contribution in [1.29, 1.82) is 0 Å². The molecule has 3 rings (SSSR count). The lowest BCUT2D eigenvalue weighted by molar-refractivity contribution is 0.0988. The topological polar surface area (TPSA) is 79.2 Å². The third-order valence-corrected chi connectivity index (χ3v) is 3.20. The van der Waals surface area contributed by atoms with Crippen LogP contribution >= 0.6 is 0 Å². The summed E-state index contributed by atoms with van der Waals surface area (Å²) in [6.07, 6.45) is 1.49. The third kappa shape index (κ3) is 2.67. The van der Waals surface area contributed by atoms with Gasteiger partial charge < -0.3 is 14.3 Å². The van der Waals surface area contributed by atoms with Gasteiger partial charge in [0.05, 0.1) is 12.0 Å². The molecule has 0 aliphatic carbocycles. The summed E-state index contributed by atoms with van der Waals surface area (Å²) in [5, 5.41) is 0. The van der Waals surface area contributed by atoms with Gasteiger partial charge in [0.25, 0.3) is 5.91 Å². The van der Waals surface area contributed by atoms with Crippen molar-refractivity contribution in [3.05, 3.63) is 71.0 Å². The number of anilines is 1. The lowest BCUT2D eigenvalue weighted by Crippen LogP contribution is -2.29. The first kappa shape index (κ1) is 13.8. The van der Waals surface area contributed by atoms with E-state index >= 15 is 0 Å². The number of nitrogens with one attached hydrogen (secondary N) is 1. The van der Waals surface area contributed by atoms with Crippen molar-refractivity contribution in [2.24, 2.45) is 0 Å². The molecule has 0 bridgehead atoms. The zero-order valence-electron chi connectivity index (χ0n) is 11.8. The second-order valence-electron chi connectivity index (χ2n) is 4.66. The highest BCUT2D eigenvalue weighted by atomic mass is 16.3. The van der Waals surface area contributed by atoms with Crippen molar-refractivity contribution in [1.82, 2.24) is 9.97 Å². The molecule has 0 saturated carbocycles. The molecule has 110 valence electrons. The number of aromatic nitrogens is 2. The van der Waals surface area contributed by atoms with Gasteiger partial charge in [-0.25, -0.2) is 4.79 Å². The highest BCUT2D eigenvalue weighted by Gasteiger charge is 2.17. The maximum absolute atomic E-state index is 12.5. The largest absolute Gasteiger partial charge is 0.463 e. The van der Waals surface area contributed by atoms with Gasteiger partial charge in [0, 0.05) is 12.7 Å². The van der Waals surface area contributed by atoms with Gasteiger partial charge in [-0.1, -0.05) is 18.2 Å². The second-order valence-corrected chi connectivity index (χ2v) is 4.66. The van der Waals surface area contributed by atoms with Crippen LogP contribution in [0.2, 0.25) is 0 Å². The molecule has 1 N–H and O–H groups in total. The first-order chi connectivity index (χ1) is 10.6. The van der Waals surface area contributed by atoms with E-state index in [2.05, 4.69) is 9.97 Å². The van der Waals surface area contributed by atoms with E-state index in [1.54, 1.807) is 31.3 Å². The summed E-state index contributed by atoms with van der Waals surface area (Å²) in [7, 11) is 1.63. The van der Waals surface area contributed by atoms with E-state index in [1.807, 2.05) is 18.2 Å². The summed E-state index contributed by atoms with van der Waals surface area (Å²) in [6.45, 7) is 0. The van der Waals surface area contributed by atoms with Crippen molar-refractivity contribution < 1.29 is 9.21 Å². The summed E-state index contributed by atoms with van der Waals surface area (Å²) < 4.78 is 5.23. The number of furan rings is 1. The number of amides is 1. The number of para-hydroxylation sites is 1. The average molecular weight is 295 g/mol. The van der Waals surface area contributed by atoms with Crippen LogP contribution in [0.5, 0.6) is 0 Å². The van der Waals surface area contributed by atoms with Gasteiger partial charge >= 0.3 is 5.69 Å². The number of H-pyrrole nitrogens is 1. The second kappa shape index (κ2) is 5.69. The van der Waals surface area contributed by atoms with Gasteiger partial charge in [0.2, 0.25) is 0 Å². The van der Waals surface area contributed by atoms with Gasteiger partial charge in [-0.15, -0.1) is 0 Å². The molecule has 2 heterocycles. The molecule has 1 aromatic carbocycles. The Morgan fingerprint density at radius 1 is 1.18 bits per heavy atom. The van der Waals surface area contributed by atoms with Crippen LogP contribution in [0.4, 0.5) is 5.69 Å². The molecule has 0 saturated heterocycles. The minimum Gasteiger partial charge on any atom is -0.463 e. The van der Waals surface area contributed by atoms with E-state index in [9.17, 15) is 9.59 Å². The zero-order valence-corrected chi connectivity index (χ0v) is 11.8. The maximum Gasteiger partial charge on any atom is 0.346 e. The van der Waals surface area contributed by atoms with E-state index in [1.165, 1.54) is 17.2 Å². The average Bonchev–Trinajstić information content (AvgIpc) is 3.08. The van der Waals surface area contributed by atoms with Crippen LogP contribution in [-0.4, -0.2) is 22.9 Å². The highest BCUT2D eigenvalue weighted by Crippen LogP contribution is 2.18. The lowest BCUT2D eigenvalue weighted by Gasteiger charge is -2.16. The number of hydrogen-bond acceptors (Lipinski definition) is 4. The minimum absolute atomic E-state index is 0.0569. The fourth-order valence-corrected chi connectivity index (χ4v) is 2.07. The summed E-state index contributed by atoms with van der Waals surface area (Å²) in [6, 6.07) is 14.0. The number of benzene rings is 1. The van der Waals surface area contributed by atoms with Crippen LogP contribution < -0.4 is 10.6 Å². The maximum atomic E-state index is 12.5. The summed E-state index contributed by atoms with van der Waals surface area (Å²) in [5.41, 5.74) is 0.587. The van der Waals surface area contributed by atoms with E-state index in [-0.39, 0.29) is 11.6 Å². The van der Waals surface area contributed by atoms with Gasteiger partial charge in [0.15, 0.2) is 0 Å². The van der Waals surface area contributed by atoms with Gasteiger partial charge in [-0.3, -0.25) is 4.79 Å². The molecule has 1 amide bonds. The number of carbonyl (C=O) groups excluding carboxylic acids is 1. The number of carbonyl (C=O) groups is 1. The number of rotatable bonds is 3. The molecule has 0 atom stereocenters. The Balaban J connectivity index is 1.98. The molecule has 2 aromatic heterocycles. The Bertz CT molecular complexity index is 839. The molecule has 0 radical (unpaired) electrons. The molecule has 0 spiro atoms. The number of hydrogen-bond donors (Lipinski definition) is 1. The van der Waals surface area contributed by atoms with Crippen molar-refractivity contribution in [2.75, 3.05) is 11.9 Å². The van der Waals surface area contributed by atoms with Crippen LogP contribution in [0, 0.1) is 0 Å². The molecule has 6 nitrogen and oxygen atoms in total. The van der Waals surface area contributed by atoms with Gasteiger partial charge in [0.1, 0.15) is 11.5 Å². The molecule has 3 aromatic rings. The van der Waals surface area contributed by atoms with E-state index in [4.69, 9.17) is 4.42 Å². The predicted octanol–water partition coefficient (Wildman–Crippen LogP) is 2.31.